The highest BCUT2D eigenvalue weighted by molar-refractivity contribution is 7.89. The third-order valence-electron chi connectivity index (χ3n) is 3.14. The van der Waals surface area contributed by atoms with Gasteiger partial charge in [0.05, 0.1) is 4.90 Å². The van der Waals surface area contributed by atoms with Crippen LogP contribution in [0, 0.1) is 0 Å². The summed E-state index contributed by atoms with van der Waals surface area (Å²) in [5.74, 6) is 0. The fourth-order valence-corrected chi connectivity index (χ4v) is 3.55. The molecule has 6 heteroatoms. The largest absolute Gasteiger partial charge is 0.326 e. The topological polar surface area (TPSA) is 66.6 Å². The quantitative estimate of drug-likeness (QED) is 0.781. The summed E-state index contributed by atoms with van der Waals surface area (Å²) in [6.45, 7) is 4.08. The van der Waals surface area contributed by atoms with Crippen LogP contribution in [0.4, 0.5) is 0 Å². The minimum absolute atomic E-state index is 0.326. The second kappa shape index (κ2) is 7.73. The minimum Gasteiger partial charge on any atom is -0.326 e. The van der Waals surface area contributed by atoms with Gasteiger partial charge in [-0.2, -0.15) is 4.31 Å². The third kappa shape index (κ3) is 4.56. The van der Waals surface area contributed by atoms with Crippen molar-refractivity contribution in [2.24, 2.45) is 5.73 Å². The van der Waals surface area contributed by atoms with Crippen molar-refractivity contribution in [2.45, 2.75) is 24.8 Å². The Morgan fingerprint density at radius 1 is 1.20 bits per heavy atom. The van der Waals surface area contributed by atoms with Gasteiger partial charge in [0.25, 0.3) is 0 Å². The number of hydrogen-bond donors (Lipinski definition) is 1. The Bertz CT molecular complexity index is 515. The average Bonchev–Trinajstić information content (AvgIpc) is 2.43. The Hall–Kier alpha value is -0.950. The number of benzene rings is 1. The van der Waals surface area contributed by atoms with Crippen molar-refractivity contribution < 1.29 is 8.42 Å². The second-order valence-electron chi connectivity index (χ2n) is 5.01. The summed E-state index contributed by atoms with van der Waals surface area (Å²) >= 11 is 0. The summed E-state index contributed by atoms with van der Waals surface area (Å²) in [5.41, 5.74) is 6.40. The lowest BCUT2D eigenvalue weighted by molar-refractivity contribution is 0.356. The van der Waals surface area contributed by atoms with Crippen molar-refractivity contribution in [2.75, 3.05) is 33.7 Å². The molecule has 0 aliphatic heterocycles. The summed E-state index contributed by atoms with van der Waals surface area (Å²) < 4.78 is 26.7. The van der Waals surface area contributed by atoms with E-state index >= 15 is 0 Å². The zero-order valence-electron chi connectivity index (χ0n) is 12.5. The molecule has 2 N–H and O–H groups in total. The van der Waals surface area contributed by atoms with Crippen molar-refractivity contribution in [1.29, 1.82) is 0 Å². The Labute approximate surface area is 122 Å². The molecule has 20 heavy (non-hydrogen) atoms. The van der Waals surface area contributed by atoms with E-state index in [4.69, 9.17) is 5.73 Å². The SMILES string of the molecule is CCN(CCCN(C)C)S(=O)(=O)c1cccc(CN)c1. The van der Waals surface area contributed by atoms with Crippen molar-refractivity contribution >= 4 is 10.0 Å². The van der Waals surface area contributed by atoms with Gasteiger partial charge < -0.3 is 10.6 Å². The van der Waals surface area contributed by atoms with Crippen LogP contribution in [0.3, 0.4) is 0 Å². The van der Waals surface area contributed by atoms with Crippen LogP contribution >= 0.6 is 0 Å². The van der Waals surface area contributed by atoms with Crippen LogP contribution in [0.15, 0.2) is 29.2 Å². The van der Waals surface area contributed by atoms with Gasteiger partial charge in [0.1, 0.15) is 0 Å². The number of sulfonamides is 1. The van der Waals surface area contributed by atoms with Gasteiger partial charge in [0.15, 0.2) is 0 Å². The molecule has 0 saturated carbocycles. The third-order valence-corrected chi connectivity index (χ3v) is 5.11. The average molecular weight is 299 g/mol. The molecule has 0 atom stereocenters. The normalized spacial score (nSPS) is 12.3. The molecule has 0 spiro atoms. The predicted molar refractivity (Wildman–Crippen MR) is 81.9 cm³/mol. The summed E-state index contributed by atoms with van der Waals surface area (Å²) in [7, 11) is 0.541. The highest BCUT2D eigenvalue weighted by Gasteiger charge is 2.22. The highest BCUT2D eigenvalue weighted by atomic mass is 32.2. The molecule has 1 aromatic carbocycles. The smallest absolute Gasteiger partial charge is 0.243 e. The molecule has 0 amide bonds. The van der Waals surface area contributed by atoms with Crippen molar-refractivity contribution in [3.8, 4) is 0 Å². The Morgan fingerprint density at radius 3 is 2.45 bits per heavy atom. The molecule has 0 radical (unpaired) electrons. The summed E-state index contributed by atoms with van der Waals surface area (Å²) in [6.07, 6.45) is 0.816. The zero-order valence-corrected chi connectivity index (χ0v) is 13.4. The van der Waals surface area contributed by atoms with Gasteiger partial charge in [0.2, 0.25) is 10.0 Å². The Kier molecular flexibility index (Phi) is 6.61. The fraction of sp³-hybridized carbons (Fsp3) is 0.571. The van der Waals surface area contributed by atoms with Crippen LogP contribution in [0.1, 0.15) is 18.9 Å². The van der Waals surface area contributed by atoms with E-state index < -0.39 is 10.0 Å². The first-order chi connectivity index (χ1) is 9.41. The number of rotatable bonds is 8. The molecular formula is C14H25N3O2S. The predicted octanol–water partition coefficient (Wildman–Crippen LogP) is 1.11. The van der Waals surface area contributed by atoms with E-state index in [-0.39, 0.29) is 0 Å². The molecule has 5 nitrogen and oxygen atoms in total. The molecule has 1 aromatic rings. The molecule has 0 heterocycles. The molecule has 0 aliphatic rings. The molecule has 0 bridgehead atoms. The molecule has 0 aliphatic carbocycles. The molecule has 0 fully saturated rings. The lowest BCUT2D eigenvalue weighted by atomic mass is 10.2. The Balaban J connectivity index is 2.88. The fourth-order valence-electron chi connectivity index (χ4n) is 1.99. The highest BCUT2D eigenvalue weighted by Crippen LogP contribution is 2.17. The molecular weight excluding hydrogens is 274 g/mol. The van der Waals surface area contributed by atoms with Crippen molar-refractivity contribution in [1.82, 2.24) is 9.21 Å². The van der Waals surface area contributed by atoms with Crippen LogP contribution in [0.25, 0.3) is 0 Å². The van der Waals surface area contributed by atoms with Gasteiger partial charge in [-0.3, -0.25) is 0 Å². The molecule has 0 aromatic heterocycles. The van der Waals surface area contributed by atoms with Gasteiger partial charge in [-0.15, -0.1) is 0 Å². The van der Waals surface area contributed by atoms with Gasteiger partial charge in [-0.05, 0) is 44.8 Å². The summed E-state index contributed by atoms with van der Waals surface area (Å²) in [4.78, 5) is 2.38. The molecule has 1 rings (SSSR count). The van der Waals surface area contributed by atoms with Crippen molar-refractivity contribution in [3.05, 3.63) is 29.8 Å². The van der Waals surface area contributed by atoms with E-state index in [2.05, 4.69) is 4.90 Å². The van der Waals surface area contributed by atoms with Crippen LogP contribution in [-0.4, -0.2) is 51.4 Å². The van der Waals surface area contributed by atoms with Crippen LogP contribution in [-0.2, 0) is 16.6 Å². The van der Waals surface area contributed by atoms with Crippen LogP contribution < -0.4 is 5.73 Å². The van der Waals surface area contributed by atoms with Gasteiger partial charge in [-0.1, -0.05) is 19.1 Å². The van der Waals surface area contributed by atoms with E-state index in [1.807, 2.05) is 27.1 Å². The first-order valence-electron chi connectivity index (χ1n) is 6.85. The maximum Gasteiger partial charge on any atom is 0.243 e. The number of nitrogens with two attached hydrogens (primary N) is 1. The Morgan fingerprint density at radius 2 is 1.90 bits per heavy atom. The maximum absolute atomic E-state index is 12.6. The van der Waals surface area contributed by atoms with E-state index in [9.17, 15) is 8.42 Å². The monoisotopic (exact) mass is 299 g/mol. The standard InChI is InChI=1S/C14H25N3O2S/c1-4-17(10-6-9-16(2)3)20(18,19)14-8-5-7-13(11-14)12-15/h5,7-8,11H,4,6,9-10,12,15H2,1-3H3. The van der Waals surface area contributed by atoms with Gasteiger partial charge >= 0.3 is 0 Å². The molecule has 114 valence electrons. The zero-order chi connectivity index (χ0) is 15.2. The number of nitrogens with zero attached hydrogens (tertiary/aromatic N) is 2. The second-order valence-corrected chi connectivity index (χ2v) is 6.94. The first-order valence-corrected chi connectivity index (χ1v) is 8.29. The van der Waals surface area contributed by atoms with Gasteiger partial charge in [0, 0.05) is 19.6 Å². The molecule has 0 saturated heterocycles. The van der Waals surface area contributed by atoms with E-state index in [0.29, 0.717) is 24.5 Å². The van der Waals surface area contributed by atoms with E-state index in [1.54, 1.807) is 18.2 Å². The van der Waals surface area contributed by atoms with Crippen LogP contribution in [0.2, 0.25) is 0 Å². The summed E-state index contributed by atoms with van der Waals surface area (Å²) in [6, 6.07) is 6.86. The van der Waals surface area contributed by atoms with Crippen LogP contribution in [0.5, 0.6) is 0 Å². The number of hydrogen-bond acceptors (Lipinski definition) is 4. The first kappa shape index (κ1) is 17.1. The molecule has 0 unspecified atom stereocenters. The summed E-state index contributed by atoms with van der Waals surface area (Å²) in [5, 5.41) is 0. The lowest BCUT2D eigenvalue weighted by Gasteiger charge is -2.21. The van der Waals surface area contributed by atoms with Gasteiger partial charge in [-0.25, -0.2) is 8.42 Å². The minimum atomic E-state index is -3.42. The van der Waals surface area contributed by atoms with Crippen molar-refractivity contribution in [3.63, 3.8) is 0 Å². The van der Waals surface area contributed by atoms with E-state index in [0.717, 1.165) is 18.5 Å². The van der Waals surface area contributed by atoms with E-state index in [1.165, 1.54) is 4.31 Å². The lowest BCUT2D eigenvalue weighted by Crippen LogP contribution is -2.33. The maximum atomic E-state index is 12.6.